The van der Waals surface area contributed by atoms with Gasteiger partial charge in [-0.15, -0.1) is 0 Å². The molecule has 0 saturated carbocycles. The number of rotatable bonds is 6. The number of benzene rings is 1. The Hall–Kier alpha value is -1.55. The normalized spacial score (nSPS) is 26.2. The molecule has 28 heavy (non-hydrogen) atoms. The van der Waals surface area contributed by atoms with E-state index in [0.717, 1.165) is 38.4 Å². The Morgan fingerprint density at radius 2 is 2.00 bits per heavy atom. The molecule has 0 radical (unpaired) electrons. The summed E-state index contributed by atoms with van der Waals surface area (Å²) in [7, 11) is -3.94. The summed E-state index contributed by atoms with van der Waals surface area (Å²) in [5.74, 6) is -0.599. The highest BCUT2D eigenvalue weighted by Crippen LogP contribution is 2.25. The summed E-state index contributed by atoms with van der Waals surface area (Å²) in [6.07, 6.45) is 3.24. The maximum absolute atomic E-state index is 13.4. The van der Waals surface area contributed by atoms with E-state index in [1.54, 1.807) is 0 Å². The van der Waals surface area contributed by atoms with Crippen molar-refractivity contribution in [1.29, 1.82) is 0 Å². The number of piperidine rings is 1. The minimum atomic E-state index is -3.94. The van der Waals surface area contributed by atoms with Crippen LogP contribution in [-0.4, -0.2) is 62.3 Å². The van der Waals surface area contributed by atoms with Gasteiger partial charge in [0.15, 0.2) is 0 Å². The molecule has 2 fully saturated rings. The lowest BCUT2D eigenvalue weighted by molar-refractivity contribution is -0.140. The third-order valence-corrected chi connectivity index (χ3v) is 6.81. The smallest absolute Gasteiger partial charge is 0.241 e. The molecule has 2 aliphatic rings. The predicted molar refractivity (Wildman–Crippen MR) is 101 cm³/mol. The van der Waals surface area contributed by atoms with Gasteiger partial charge >= 0.3 is 0 Å². The van der Waals surface area contributed by atoms with E-state index in [-0.39, 0.29) is 29.9 Å². The third kappa shape index (κ3) is 5.28. The molecule has 2 saturated heterocycles. The van der Waals surface area contributed by atoms with Crippen LogP contribution in [0.4, 0.5) is 4.39 Å². The minimum Gasteiger partial charge on any atom is -0.394 e. The van der Waals surface area contributed by atoms with Crippen LogP contribution in [0.3, 0.4) is 0 Å². The Morgan fingerprint density at radius 1 is 1.25 bits per heavy atom. The standard InChI is InChI=1S/C19H27FN2O5S/c20-14-5-4-6-16(11-14)28(25,26)21-17-8-7-15(27-18(17)13-23)12-19(24)22-9-2-1-3-10-22/h4-6,11,15,17-18,21,23H,1-3,7-10,12-13H2/t15-,17+,18-/m0/s1. The number of hydrogen-bond acceptors (Lipinski definition) is 5. The van der Waals surface area contributed by atoms with E-state index in [2.05, 4.69) is 4.72 Å². The first kappa shape index (κ1) is 21.2. The topological polar surface area (TPSA) is 95.9 Å². The number of aliphatic hydroxyl groups is 1. The second kappa shape index (κ2) is 9.30. The van der Waals surface area contributed by atoms with Crippen LogP contribution in [0.2, 0.25) is 0 Å². The number of likely N-dealkylation sites (tertiary alicyclic amines) is 1. The number of ether oxygens (including phenoxy) is 1. The number of carbonyl (C=O) groups is 1. The molecule has 3 rings (SSSR count). The fourth-order valence-electron chi connectivity index (χ4n) is 3.79. The molecule has 1 aromatic rings. The van der Waals surface area contributed by atoms with Gasteiger partial charge in [-0.2, -0.15) is 0 Å². The van der Waals surface area contributed by atoms with Gasteiger partial charge in [0.05, 0.1) is 36.2 Å². The molecule has 1 aromatic carbocycles. The molecule has 0 bridgehead atoms. The van der Waals surface area contributed by atoms with Crippen molar-refractivity contribution < 1.29 is 27.4 Å². The predicted octanol–water partition coefficient (Wildman–Crippen LogP) is 1.42. The monoisotopic (exact) mass is 414 g/mol. The van der Waals surface area contributed by atoms with E-state index >= 15 is 0 Å². The van der Waals surface area contributed by atoms with Crippen molar-refractivity contribution in [3.63, 3.8) is 0 Å². The third-order valence-electron chi connectivity index (χ3n) is 5.32. The molecule has 1 amide bonds. The van der Waals surface area contributed by atoms with Crippen LogP contribution in [0.5, 0.6) is 0 Å². The number of amides is 1. The van der Waals surface area contributed by atoms with Gasteiger partial charge in [0.2, 0.25) is 15.9 Å². The summed E-state index contributed by atoms with van der Waals surface area (Å²) in [5, 5.41) is 9.66. The fraction of sp³-hybridized carbons (Fsp3) is 0.632. The molecule has 3 atom stereocenters. The van der Waals surface area contributed by atoms with Crippen LogP contribution in [0.15, 0.2) is 29.2 Å². The molecule has 9 heteroatoms. The molecule has 0 aromatic heterocycles. The van der Waals surface area contributed by atoms with Gasteiger partial charge in [-0.25, -0.2) is 17.5 Å². The van der Waals surface area contributed by atoms with E-state index in [9.17, 15) is 22.7 Å². The van der Waals surface area contributed by atoms with Gasteiger partial charge in [-0.1, -0.05) is 6.07 Å². The number of carbonyl (C=O) groups excluding carboxylic acids is 1. The molecular weight excluding hydrogens is 387 g/mol. The van der Waals surface area contributed by atoms with Gasteiger partial charge < -0.3 is 14.7 Å². The second-order valence-electron chi connectivity index (χ2n) is 7.39. The number of aliphatic hydroxyl groups excluding tert-OH is 1. The van der Waals surface area contributed by atoms with Gasteiger partial charge in [0, 0.05) is 13.1 Å². The first-order valence-corrected chi connectivity index (χ1v) is 11.2. The Labute approximate surface area is 164 Å². The molecule has 2 heterocycles. The van der Waals surface area contributed by atoms with Crippen LogP contribution >= 0.6 is 0 Å². The van der Waals surface area contributed by atoms with Crippen LogP contribution in [0.1, 0.15) is 38.5 Å². The van der Waals surface area contributed by atoms with E-state index in [1.807, 2.05) is 4.90 Å². The molecule has 7 nitrogen and oxygen atoms in total. The Kier molecular flexibility index (Phi) is 7.03. The highest BCUT2D eigenvalue weighted by atomic mass is 32.2. The number of nitrogens with one attached hydrogen (secondary N) is 1. The van der Waals surface area contributed by atoms with Crippen LogP contribution < -0.4 is 4.72 Å². The van der Waals surface area contributed by atoms with Crippen molar-refractivity contribution in [2.24, 2.45) is 0 Å². The Bertz CT molecular complexity index is 782. The van der Waals surface area contributed by atoms with E-state index in [0.29, 0.717) is 12.8 Å². The van der Waals surface area contributed by atoms with Crippen LogP contribution in [-0.2, 0) is 19.6 Å². The number of hydrogen-bond donors (Lipinski definition) is 2. The Morgan fingerprint density at radius 3 is 2.68 bits per heavy atom. The van der Waals surface area contributed by atoms with Crippen molar-refractivity contribution in [1.82, 2.24) is 9.62 Å². The van der Waals surface area contributed by atoms with Gasteiger partial charge in [-0.05, 0) is 50.3 Å². The number of halogens is 1. The molecule has 2 aliphatic heterocycles. The zero-order valence-electron chi connectivity index (χ0n) is 15.7. The van der Waals surface area contributed by atoms with Crippen LogP contribution in [0.25, 0.3) is 0 Å². The SMILES string of the molecule is O=C(C[C@@H]1CC[C@@H](NS(=O)(=O)c2cccc(F)c2)[C@H](CO)O1)N1CCCCC1. The zero-order chi connectivity index (χ0) is 20.1. The van der Waals surface area contributed by atoms with E-state index in [4.69, 9.17) is 4.74 Å². The van der Waals surface area contributed by atoms with Crippen LogP contribution in [0, 0.1) is 5.82 Å². The van der Waals surface area contributed by atoms with E-state index in [1.165, 1.54) is 18.2 Å². The summed E-state index contributed by atoms with van der Waals surface area (Å²) in [5.41, 5.74) is 0. The molecular formula is C19H27FN2O5S. The first-order valence-electron chi connectivity index (χ1n) is 9.71. The maximum Gasteiger partial charge on any atom is 0.241 e. The molecule has 2 N–H and O–H groups in total. The molecule has 156 valence electrons. The minimum absolute atomic E-state index is 0.0418. The van der Waals surface area contributed by atoms with Crippen molar-refractivity contribution in [3.8, 4) is 0 Å². The average molecular weight is 414 g/mol. The Balaban J connectivity index is 1.59. The fourth-order valence-corrected chi connectivity index (χ4v) is 5.12. The average Bonchev–Trinajstić information content (AvgIpc) is 2.69. The molecule has 0 unspecified atom stereocenters. The van der Waals surface area contributed by atoms with Crippen molar-refractivity contribution in [2.45, 2.75) is 61.7 Å². The number of nitrogens with zero attached hydrogens (tertiary/aromatic N) is 1. The second-order valence-corrected chi connectivity index (χ2v) is 9.10. The van der Waals surface area contributed by atoms with E-state index < -0.39 is 28.0 Å². The van der Waals surface area contributed by atoms with Gasteiger partial charge in [0.25, 0.3) is 0 Å². The number of sulfonamides is 1. The summed E-state index contributed by atoms with van der Waals surface area (Å²) >= 11 is 0. The lowest BCUT2D eigenvalue weighted by Crippen LogP contribution is -2.51. The highest BCUT2D eigenvalue weighted by Gasteiger charge is 2.35. The first-order chi connectivity index (χ1) is 13.4. The lowest BCUT2D eigenvalue weighted by Gasteiger charge is -2.36. The van der Waals surface area contributed by atoms with Gasteiger partial charge in [0.1, 0.15) is 5.82 Å². The largest absolute Gasteiger partial charge is 0.394 e. The summed E-state index contributed by atoms with van der Waals surface area (Å²) in [4.78, 5) is 14.1. The zero-order valence-corrected chi connectivity index (χ0v) is 16.5. The van der Waals surface area contributed by atoms with Crippen molar-refractivity contribution in [3.05, 3.63) is 30.1 Å². The van der Waals surface area contributed by atoms with Gasteiger partial charge in [-0.3, -0.25) is 4.79 Å². The maximum atomic E-state index is 13.4. The lowest BCUT2D eigenvalue weighted by atomic mass is 9.97. The summed E-state index contributed by atoms with van der Waals surface area (Å²) < 4.78 is 46.7. The molecule has 0 aliphatic carbocycles. The van der Waals surface area contributed by atoms with Crippen molar-refractivity contribution in [2.75, 3.05) is 19.7 Å². The summed E-state index contributed by atoms with van der Waals surface area (Å²) in [6, 6.07) is 4.11. The highest BCUT2D eigenvalue weighted by molar-refractivity contribution is 7.89. The summed E-state index contributed by atoms with van der Waals surface area (Å²) in [6.45, 7) is 1.17. The quantitative estimate of drug-likeness (QED) is 0.734. The van der Waals surface area contributed by atoms with Crippen molar-refractivity contribution >= 4 is 15.9 Å². The molecule has 0 spiro atoms.